The second-order valence-corrected chi connectivity index (χ2v) is 11.1. The Morgan fingerprint density at radius 2 is 1.51 bits per heavy atom. The van der Waals surface area contributed by atoms with Gasteiger partial charge in [-0.3, -0.25) is 9.59 Å². The molecule has 3 aromatic carbocycles. The Balaban J connectivity index is 1.63. The summed E-state index contributed by atoms with van der Waals surface area (Å²) >= 11 is 0. The van der Waals surface area contributed by atoms with Gasteiger partial charge in [0.25, 0.3) is 0 Å². The molecule has 0 saturated carbocycles. The third-order valence-corrected chi connectivity index (χ3v) is 7.79. The first kappa shape index (κ1) is 29.9. The number of rotatable bonds is 14. The van der Waals surface area contributed by atoms with Crippen LogP contribution in [0.5, 0.6) is 5.75 Å². The maximum atomic E-state index is 13.6. The lowest BCUT2D eigenvalue weighted by molar-refractivity contribution is -0.137. The van der Waals surface area contributed by atoms with E-state index < -0.39 is 5.97 Å². The van der Waals surface area contributed by atoms with Crippen LogP contribution in [-0.4, -0.2) is 47.2 Å². The summed E-state index contributed by atoms with van der Waals surface area (Å²) < 4.78 is 7.78. The lowest BCUT2D eigenvalue weighted by atomic mass is 10.0. The summed E-state index contributed by atoms with van der Waals surface area (Å²) in [6.45, 7) is 5.59. The number of benzene rings is 3. The van der Waals surface area contributed by atoms with Gasteiger partial charge in [-0.2, -0.15) is 0 Å². The number of carbonyl (C=O) groups excluding carboxylic acids is 1. The number of carbonyl (C=O) groups is 2. The minimum absolute atomic E-state index is 0.0986. The van der Waals surface area contributed by atoms with E-state index in [-0.39, 0.29) is 12.3 Å². The molecular weight excluding hydrogens is 512 g/mol. The molecule has 4 rings (SSSR count). The van der Waals surface area contributed by atoms with Gasteiger partial charge in [-0.25, -0.2) is 0 Å². The van der Waals surface area contributed by atoms with E-state index in [9.17, 15) is 9.59 Å². The van der Waals surface area contributed by atoms with E-state index in [0.717, 1.165) is 64.7 Å². The molecular formula is C35H42N2O4. The molecule has 0 atom stereocenters. The number of carboxylic acids is 1. The number of hydrogen-bond donors (Lipinski definition) is 1. The minimum atomic E-state index is -0.736. The molecule has 1 amide bonds. The number of nitrogens with zero attached hydrogens (tertiary/aromatic N) is 2. The van der Waals surface area contributed by atoms with E-state index in [2.05, 4.69) is 73.0 Å². The third-order valence-electron chi connectivity index (χ3n) is 7.79. The van der Waals surface area contributed by atoms with Crippen molar-refractivity contribution in [1.82, 2.24) is 9.47 Å². The predicted octanol–water partition coefficient (Wildman–Crippen LogP) is 7.41. The van der Waals surface area contributed by atoms with Crippen LogP contribution in [0.15, 0.2) is 66.7 Å². The van der Waals surface area contributed by atoms with Crippen LogP contribution in [0.4, 0.5) is 0 Å². The zero-order valence-corrected chi connectivity index (χ0v) is 24.8. The number of aromatic nitrogens is 1. The standard InChI is InChI=1S/C35H42N2O4/c1-25-11-14-27(15-12-25)24-37-32-20-13-26(2)22-30(32)31(35(37)28-16-18-29(41-4)19-17-28)23-33(38)36(3)21-9-7-5-6-8-10-34(39)40/h11-20,22H,5-10,21,23-24H2,1-4H3,(H,39,40). The monoisotopic (exact) mass is 554 g/mol. The first-order chi connectivity index (χ1) is 19.8. The molecule has 1 N–H and O–H groups in total. The van der Waals surface area contributed by atoms with E-state index in [1.165, 1.54) is 11.1 Å². The number of hydrogen-bond acceptors (Lipinski definition) is 3. The molecule has 4 aromatic rings. The van der Waals surface area contributed by atoms with E-state index in [4.69, 9.17) is 9.84 Å². The molecule has 41 heavy (non-hydrogen) atoms. The Bertz CT molecular complexity index is 1470. The van der Waals surface area contributed by atoms with Gasteiger partial charge in [0.05, 0.1) is 19.2 Å². The van der Waals surface area contributed by atoms with Crippen LogP contribution < -0.4 is 4.74 Å². The summed E-state index contributed by atoms with van der Waals surface area (Å²) in [4.78, 5) is 26.1. The average molecular weight is 555 g/mol. The number of methoxy groups -OCH3 is 1. The predicted molar refractivity (Wildman–Crippen MR) is 166 cm³/mol. The molecule has 0 fully saturated rings. The summed E-state index contributed by atoms with van der Waals surface area (Å²) in [5, 5.41) is 9.92. The maximum Gasteiger partial charge on any atom is 0.303 e. The Hall–Kier alpha value is -4.06. The number of amides is 1. The van der Waals surface area contributed by atoms with Crippen LogP contribution in [0.25, 0.3) is 22.2 Å². The van der Waals surface area contributed by atoms with Gasteiger partial charge in [0.1, 0.15) is 5.75 Å². The Morgan fingerprint density at radius 3 is 2.20 bits per heavy atom. The molecule has 0 radical (unpaired) electrons. The Labute approximate surface area is 243 Å². The van der Waals surface area contributed by atoms with Gasteiger partial charge in [0.2, 0.25) is 5.91 Å². The van der Waals surface area contributed by atoms with Crippen molar-refractivity contribution in [3.8, 4) is 17.0 Å². The summed E-state index contributed by atoms with van der Waals surface area (Å²) in [6, 6.07) is 23.3. The van der Waals surface area contributed by atoms with Crippen molar-refractivity contribution in [3.63, 3.8) is 0 Å². The van der Waals surface area contributed by atoms with Crippen molar-refractivity contribution < 1.29 is 19.4 Å². The molecule has 0 saturated heterocycles. The maximum absolute atomic E-state index is 13.6. The SMILES string of the molecule is COc1ccc(-c2c(CC(=O)N(C)CCCCCCCC(=O)O)c3cc(C)ccc3n2Cc2ccc(C)cc2)cc1. The summed E-state index contributed by atoms with van der Waals surface area (Å²) in [5.74, 6) is 0.160. The van der Waals surface area contributed by atoms with Crippen LogP contribution in [0, 0.1) is 13.8 Å². The summed E-state index contributed by atoms with van der Waals surface area (Å²) in [5.41, 5.74) is 7.89. The third kappa shape index (κ3) is 7.78. The topological polar surface area (TPSA) is 71.8 Å². The molecule has 1 aromatic heterocycles. The quantitative estimate of drug-likeness (QED) is 0.165. The average Bonchev–Trinajstić information content (AvgIpc) is 3.24. The van der Waals surface area contributed by atoms with E-state index in [1.807, 2.05) is 24.1 Å². The van der Waals surface area contributed by atoms with Crippen molar-refractivity contribution in [1.29, 1.82) is 0 Å². The van der Waals surface area contributed by atoms with Crippen LogP contribution in [0.2, 0.25) is 0 Å². The second kappa shape index (κ2) is 14.0. The molecule has 6 nitrogen and oxygen atoms in total. The number of likely N-dealkylation sites (N-methyl/N-ethyl adjacent to an activating group) is 1. The molecule has 0 spiro atoms. The van der Waals surface area contributed by atoms with Crippen molar-refractivity contribution in [2.75, 3.05) is 20.7 Å². The van der Waals surface area contributed by atoms with E-state index in [1.54, 1.807) is 7.11 Å². The fourth-order valence-corrected chi connectivity index (χ4v) is 5.40. The molecule has 6 heteroatoms. The van der Waals surface area contributed by atoms with Crippen LogP contribution in [0.3, 0.4) is 0 Å². The summed E-state index contributed by atoms with van der Waals surface area (Å²) in [7, 11) is 3.55. The van der Waals surface area contributed by atoms with Gasteiger partial charge in [-0.05, 0) is 79.8 Å². The number of aliphatic carboxylic acids is 1. The van der Waals surface area contributed by atoms with Gasteiger partial charge in [0.15, 0.2) is 0 Å². The largest absolute Gasteiger partial charge is 0.497 e. The minimum Gasteiger partial charge on any atom is -0.497 e. The van der Waals surface area contributed by atoms with E-state index >= 15 is 0 Å². The number of aryl methyl sites for hydroxylation is 2. The van der Waals surface area contributed by atoms with Crippen LogP contribution >= 0.6 is 0 Å². The Morgan fingerprint density at radius 1 is 0.854 bits per heavy atom. The van der Waals surface area contributed by atoms with Gasteiger partial charge in [-0.15, -0.1) is 0 Å². The van der Waals surface area contributed by atoms with Crippen molar-refractivity contribution in [2.24, 2.45) is 0 Å². The number of unbranched alkanes of at least 4 members (excludes halogenated alkanes) is 4. The summed E-state index contributed by atoms with van der Waals surface area (Å²) in [6.07, 6.45) is 5.06. The second-order valence-electron chi connectivity index (χ2n) is 11.1. The van der Waals surface area contributed by atoms with Crippen molar-refractivity contribution in [3.05, 3.63) is 89.0 Å². The molecule has 216 valence electrons. The smallest absolute Gasteiger partial charge is 0.303 e. The molecule has 0 bridgehead atoms. The first-order valence-electron chi connectivity index (χ1n) is 14.5. The normalized spacial score (nSPS) is 11.1. The van der Waals surface area contributed by atoms with Gasteiger partial charge >= 0.3 is 5.97 Å². The molecule has 0 aliphatic heterocycles. The highest BCUT2D eigenvalue weighted by molar-refractivity contribution is 5.96. The highest BCUT2D eigenvalue weighted by Gasteiger charge is 2.22. The van der Waals surface area contributed by atoms with Gasteiger partial charge in [0, 0.05) is 37.5 Å². The molecule has 1 heterocycles. The number of carboxylic acid groups (broad SMARTS) is 1. The number of fused-ring (bicyclic) bond motifs is 1. The number of ether oxygens (including phenoxy) is 1. The first-order valence-corrected chi connectivity index (χ1v) is 14.5. The van der Waals surface area contributed by atoms with Crippen LogP contribution in [-0.2, 0) is 22.6 Å². The lowest BCUT2D eigenvalue weighted by Crippen LogP contribution is -2.29. The van der Waals surface area contributed by atoms with Gasteiger partial charge in [-0.1, -0.05) is 60.7 Å². The van der Waals surface area contributed by atoms with Crippen molar-refractivity contribution >= 4 is 22.8 Å². The van der Waals surface area contributed by atoms with Gasteiger partial charge < -0.3 is 19.3 Å². The highest BCUT2D eigenvalue weighted by Crippen LogP contribution is 2.36. The highest BCUT2D eigenvalue weighted by atomic mass is 16.5. The Kier molecular flexibility index (Phi) is 10.2. The zero-order valence-electron chi connectivity index (χ0n) is 24.8. The molecule has 0 unspecified atom stereocenters. The van der Waals surface area contributed by atoms with E-state index in [0.29, 0.717) is 25.9 Å². The van der Waals surface area contributed by atoms with Crippen LogP contribution in [0.1, 0.15) is 60.8 Å². The fourth-order valence-electron chi connectivity index (χ4n) is 5.40. The molecule has 0 aliphatic carbocycles. The zero-order chi connectivity index (χ0) is 29.4. The van der Waals surface area contributed by atoms with Crippen molar-refractivity contribution in [2.45, 2.75) is 65.3 Å². The fraction of sp³-hybridized carbons (Fsp3) is 0.371. The molecule has 0 aliphatic rings. The lowest BCUT2D eigenvalue weighted by Gasteiger charge is -2.18.